The summed E-state index contributed by atoms with van der Waals surface area (Å²) in [4.78, 5) is 11.1. The maximum Gasteiger partial charge on any atom is 0.247 e. The van der Waals surface area contributed by atoms with E-state index in [1.807, 2.05) is 0 Å². The third kappa shape index (κ3) is 3.30. The molecule has 0 aromatic heterocycles. The average Bonchev–Trinajstić information content (AvgIpc) is 2.88. The summed E-state index contributed by atoms with van der Waals surface area (Å²) in [5, 5.41) is 0.0440. The van der Waals surface area contributed by atoms with E-state index in [9.17, 15) is 13.2 Å². The van der Waals surface area contributed by atoms with Gasteiger partial charge in [0.1, 0.15) is 4.90 Å². The highest BCUT2D eigenvalue weighted by Crippen LogP contribution is 2.34. The molecule has 1 saturated carbocycles. The Morgan fingerprint density at radius 1 is 1.33 bits per heavy atom. The van der Waals surface area contributed by atoms with Gasteiger partial charge in [-0.2, -0.15) is 4.31 Å². The highest BCUT2D eigenvalue weighted by atomic mass is 35.5. The molecule has 0 unspecified atom stereocenters. The molecule has 1 aliphatic carbocycles. The molecule has 1 aromatic carbocycles. The quantitative estimate of drug-likeness (QED) is 0.794. The van der Waals surface area contributed by atoms with E-state index >= 15 is 0 Å². The largest absolute Gasteiger partial charge is 0.398 e. The molecular weight excluding hydrogens is 314 g/mol. The number of primary amides is 1. The monoisotopic (exact) mass is 331 g/mol. The minimum atomic E-state index is -3.97. The first-order chi connectivity index (χ1) is 9.84. The number of rotatable bonds is 5. The number of anilines is 1. The molecule has 0 bridgehead atoms. The average molecular weight is 332 g/mol. The SMILES string of the molecule is NC(=O)CN(C1CCCC1)S(=O)(=O)c1c(N)cccc1Cl. The third-order valence-electron chi connectivity index (χ3n) is 3.61. The van der Waals surface area contributed by atoms with Crippen molar-refractivity contribution in [3.8, 4) is 0 Å². The topological polar surface area (TPSA) is 106 Å². The zero-order chi connectivity index (χ0) is 15.6. The van der Waals surface area contributed by atoms with Crippen LogP contribution in [0, 0.1) is 0 Å². The lowest BCUT2D eigenvalue weighted by atomic mass is 10.2. The highest BCUT2D eigenvalue weighted by molar-refractivity contribution is 7.89. The Morgan fingerprint density at radius 3 is 2.48 bits per heavy atom. The van der Waals surface area contributed by atoms with Crippen LogP contribution in [0.5, 0.6) is 0 Å². The van der Waals surface area contributed by atoms with Crippen molar-refractivity contribution >= 4 is 33.2 Å². The van der Waals surface area contributed by atoms with Gasteiger partial charge in [0.2, 0.25) is 15.9 Å². The summed E-state index contributed by atoms with van der Waals surface area (Å²) >= 11 is 6.00. The van der Waals surface area contributed by atoms with Crippen LogP contribution < -0.4 is 11.5 Å². The van der Waals surface area contributed by atoms with Gasteiger partial charge in [-0.25, -0.2) is 8.42 Å². The Bertz CT molecular complexity index is 622. The minimum Gasteiger partial charge on any atom is -0.398 e. The minimum absolute atomic E-state index is 0.0440. The fourth-order valence-corrected chi connectivity index (χ4v) is 4.96. The van der Waals surface area contributed by atoms with Gasteiger partial charge in [-0.15, -0.1) is 0 Å². The van der Waals surface area contributed by atoms with E-state index in [4.69, 9.17) is 23.1 Å². The predicted octanol–water partition coefficient (Wildman–Crippen LogP) is 1.34. The van der Waals surface area contributed by atoms with E-state index in [1.54, 1.807) is 6.07 Å². The smallest absolute Gasteiger partial charge is 0.247 e. The van der Waals surface area contributed by atoms with Gasteiger partial charge in [0.15, 0.2) is 0 Å². The van der Waals surface area contributed by atoms with Crippen LogP contribution in [0.4, 0.5) is 5.69 Å². The van der Waals surface area contributed by atoms with Crippen LogP contribution in [0.1, 0.15) is 25.7 Å². The number of halogens is 1. The van der Waals surface area contributed by atoms with E-state index in [1.165, 1.54) is 12.1 Å². The number of hydrogen-bond acceptors (Lipinski definition) is 4. The normalized spacial score (nSPS) is 16.5. The molecule has 0 spiro atoms. The number of hydrogen-bond donors (Lipinski definition) is 2. The zero-order valence-corrected chi connectivity index (χ0v) is 13.0. The van der Waals surface area contributed by atoms with Gasteiger partial charge < -0.3 is 11.5 Å². The summed E-state index contributed by atoms with van der Waals surface area (Å²) in [6, 6.07) is 4.26. The summed E-state index contributed by atoms with van der Waals surface area (Å²) in [7, 11) is -3.97. The molecule has 0 aliphatic heterocycles. The Balaban J connectivity index is 2.48. The van der Waals surface area contributed by atoms with Crippen LogP contribution >= 0.6 is 11.6 Å². The van der Waals surface area contributed by atoms with Gasteiger partial charge in [0.25, 0.3) is 0 Å². The first kappa shape index (κ1) is 16.1. The lowest BCUT2D eigenvalue weighted by Crippen LogP contribution is -2.44. The summed E-state index contributed by atoms with van der Waals surface area (Å²) in [6.07, 6.45) is 3.26. The van der Waals surface area contributed by atoms with Gasteiger partial charge >= 0.3 is 0 Å². The predicted molar refractivity (Wildman–Crippen MR) is 81.2 cm³/mol. The number of nitrogen functional groups attached to an aromatic ring is 1. The molecule has 1 aromatic rings. The summed E-state index contributed by atoms with van der Waals surface area (Å²) in [5.41, 5.74) is 11.0. The standard InChI is InChI=1S/C13H18ClN3O3S/c14-10-6-3-7-11(15)13(10)21(19,20)17(8-12(16)18)9-4-1-2-5-9/h3,6-7,9H,1-2,4-5,8,15H2,(H2,16,18). The number of carbonyl (C=O) groups excluding carboxylic acids is 1. The Labute approximate surface area is 129 Å². The number of carbonyl (C=O) groups is 1. The van der Waals surface area contributed by atoms with Crippen molar-refractivity contribution in [3.63, 3.8) is 0 Å². The van der Waals surface area contributed by atoms with Gasteiger partial charge in [0.05, 0.1) is 17.3 Å². The molecule has 1 aliphatic rings. The second-order valence-corrected chi connectivity index (χ2v) is 7.35. The molecule has 6 nitrogen and oxygen atoms in total. The van der Waals surface area contributed by atoms with E-state index in [2.05, 4.69) is 0 Å². The molecule has 0 atom stereocenters. The molecule has 0 saturated heterocycles. The van der Waals surface area contributed by atoms with E-state index < -0.39 is 15.9 Å². The Morgan fingerprint density at radius 2 is 1.95 bits per heavy atom. The number of nitrogens with two attached hydrogens (primary N) is 2. The first-order valence-corrected chi connectivity index (χ1v) is 8.50. The van der Waals surface area contributed by atoms with E-state index in [-0.39, 0.29) is 28.2 Å². The molecule has 0 heterocycles. The number of benzene rings is 1. The van der Waals surface area contributed by atoms with Crippen molar-refractivity contribution in [1.29, 1.82) is 0 Å². The van der Waals surface area contributed by atoms with Gasteiger partial charge in [-0.1, -0.05) is 30.5 Å². The summed E-state index contributed by atoms with van der Waals surface area (Å²) in [5.74, 6) is -0.698. The van der Waals surface area contributed by atoms with Crippen molar-refractivity contribution in [3.05, 3.63) is 23.2 Å². The second-order valence-electron chi connectivity index (χ2n) is 5.11. The van der Waals surface area contributed by atoms with Crippen molar-refractivity contribution in [2.45, 2.75) is 36.6 Å². The number of sulfonamides is 1. The highest BCUT2D eigenvalue weighted by Gasteiger charge is 2.36. The van der Waals surface area contributed by atoms with Gasteiger partial charge in [0, 0.05) is 6.04 Å². The maximum atomic E-state index is 12.9. The molecule has 1 fully saturated rings. The fourth-order valence-electron chi connectivity index (χ4n) is 2.67. The summed E-state index contributed by atoms with van der Waals surface area (Å²) in [6.45, 7) is -0.363. The zero-order valence-electron chi connectivity index (χ0n) is 11.5. The third-order valence-corrected chi connectivity index (χ3v) is 6.05. The van der Waals surface area contributed by atoms with Gasteiger partial charge in [-0.3, -0.25) is 4.79 Å². The maximum absolute atomic E-state index is 12.9. The van der Waals surface area contributed by atoms with E-state index in [0.29, 0.717) is 12.8 Å². The second kappa shape index (κ2) is 6.21. The summed E-state index contributed by atoms with van der Waals surface area (Å²) < 4.78 is 26.8. The van der Waals surface area contributed by atoms with Crippen LogP contribution in [0.3, 0.4) is 0 Å². The molecule has 2 rings (SSSR count). The Hall–Kier alpha value is -1.31. The number of nitrogens with zero attached hydrogens (tertiary/aromatic N) is 1. The molecular formula is C13H18ClN3O3S. The fraction of sp³-hybridized carbons (Fsp3) is 0.462. The lowest BCUT2D eigenvalue weighted by Gasteiger charge is -2.27. The molecule has 4 N–H and O–H groups in total. The van der Waals surface area contributed by atoms with Crippen LogP contribution in [0.2, 0.25) is 5.02 Å². The van der Waals surface area contributed by atoms with Crippen LogP contribution in [0.15, 0.2) is 23.1 Å². The van der Waals surface area contributed by atoms with Crippen molar-refractivity contribution in [1.82, 2.24) is 4.31 Å². The van der Waals surface area contributed by atoms with Crippen molar-refractivity contribution < 1.29 is 13.2 Å². The molecule has 1 amide bonds. The first-order valence-electron chi connectivity index (χ1n) is 6.68. The molecule has 0 radical (unpaired) electrons. The molecule has 116 valence electrons. The number of amides is 1. The Kier molecular flexibility index (Phi) is 4.75. The van der Waals surface area contributed by atoms with Crippen molar-refractivity contribution in [2.75, 3.05) is 12.3 Å². The lowest BCUT2D eigenvalue weighted by molar-refractivity contribution is -0.118. The molecule has 21 heavy (non-hydrogen) atoms. The van der Waals surface area contributed by atoms with E-state index in [0.717, 1.165) is 17.1 Å². The van der Waals surface area contributed by atoms with Crippen molar-refractivity contribution in [2.24, 2.45) is 5.73 Å². The van der Waals surface area contributed by atoms with Gasteiger partial charge in [-0.05, 0) is 25.0 Å². The van der Waals surface area contributed by atoms with Crippen LogP contribution in [0.25, 0.3) is 0 Å². The van der Waals surface area contributed by atoms with Crippen LogP contribution in [-0.4, -0.2) is 31.2 Å². The molecule has 8 heteroatoms. The van der Waals surface area contributed by atoms with Crippen LogP contribution in [-0.2, 0) is 14.8 Å².